The molecule has 2 heterocycles. The van der Waals surface area contributed by atoms with Gasteiger partial charge in [-0.3, -0.25) is 9.88 Å². The summed E-state index contributed by atoms with van der Waals surface area (Å²) in [5, 5.41) is 10.4. The molecule has 1 aromatic heterocycles. The summed E-state index contributed by atoms with van der Waals surface area (Å²) in [5.41, 5.74) is 6.68. The summed E-state index contributed by atoms with van der Waals surface area (Å²) in [7, 11) is 0. The molecule has 23 heavy (non-hydrogen) atoms. The third-order valence-electron chi connectivity index (χ3n) is 5.08. The second kappa shape index (κ2) is 6.81. The van der Waals surface area contributed by atoms with Crippen LogP contribution >= 0.6 is 0 Å². The standard InChI is InChI=1S/C20H26N2O/c1-14-8-16(3)18(9-15(14)2)11-22-12-19(20(23)13-22)10-17-4-6-21-7-5-17/h4-9,19-20,23H,10-13H2,1-3H3/t19-,20+/m1/s1. The minimum Gasteiger partial charge on any atom is -0.391 e. The van der Waals surface area contributed by atoms with E-state index in [0.717, 1.165) is 26.1 Å². The Bertz CT molecular complexity index is 669. The monoisotopic (exact) mass is 310 g/mol. The molecular weight excluding hydrogens is 284 g/mol. The maximum absolute atomic E-state index is 10.4. The number of rotatable bonds is 4. The molecular formula is C20H26N2O. The van der Waals surface area contributed by atoms with Gasteiger partial charge in [-0.15, -0.1) is 0 Å². The van der Waals surface area contributed by atoms with Gasteiger partial charge in [-0.05, 0) is 67.1 Å². The first-order valence-corrected chi connectivity index (χ1v) is 8.39. The van der Waals surface area contributed by atoms with Gasteiger partial charge >= 0.3 is 0 Å². The lowest BCUT2D eigenvalue weighted by atomic mass is 9.97. The molecule has 0 unspecified atom stereocenters. The summed E-state index contributed by atoms with van der Waals surface area (Å²) in [5.74, 6) is 0.309. The van der Waals surface area contributed by atoms with Crippen molar-refractivity contribution in [3.8, 4) is 0 Å². The van der Waals surface area contributed by atoms with Crippen molar-refractivity contribution < 1.29 is 5.11 Å². The highest BCUT2D eigenvalue weighted by Crippen LogP contribution is 2.24. The molecule has 0 aliphatic carbocycles. The molecule has 1 N–H and O–H groups in total. The van der Waals surface area contributed by atoms with Crippen molar-refractivity contribution in [2.24, 2.45) is 5.92 Å². The fraction of sp³-hybridized carbons (Fsp3) is 0.450. The predicted molar refractivity (Wildman–Crippen MR) is 93.4 cm³/mol. The van der Waals surface area contributed by atoms with Gasteiger partial charge in [0, 0.05) is 37.9 Å². The van der Waals surface area contributed by atoms with Crippen LogP contribution in [0.2, 0.25) is 0 Å². The summed E-state index contributed by atoms with van der Waals surface area (Å²) in [6, 6.07) is 8.66. The fourth-order valence-corrected chi connectivity index (χ4v) is 3.52. The number of aliphatic hydroxyl groups is 1. The molecule has 1 fully saturated rings. The smallest absolute Gasteiger partial charge is 0.0710 e. The lowest BCUT2D eigenvalue weighted by Gasteiger charge is -2.18. The molecule has 3 heteroatoms. The third-order valence-corrected chi connectivity index (χ3v) is 5.08. The van der Waals surface area contributed by atoms with Crippen LogP contribution in [0.3, 0.4) is 0 Å². The van der Waals surface area contributed by atoms with Gasteiger partial charge in [-0.1, -0.05) is 12.1 Å². The number of pyridine rings is 1. The number of aryl methyl sites for hydroxylation is 3. The van der Waals surface area contributed by atoms with Crippen LogP contribution in [0, 0.1) is 26.7 Å². The maximum Gasteiger partial charge on any atom is 0.0710 e. The van der Waals surface area contributed by atoms with Crippen LogP contribution in [-0.4, -0.2) is 34.2 Å². The predicted octanol–water partition coefficient (Wildman–Crippen LogP) is 3.04. The van der Waals surface area contributed by atoms with Crippen molar-refractivity contribution in [3.63, 3.8) is 0 Å². The number of hydrogen-bond acceptors (Lipinski definition) is 3. The molecule has 1 aliphatic rings. The number of aliphatic hydroxyl groups excluding tert-OH is 1. The van der Waals surface area contributed by atoms with E-state index in [4.69, 9.17) is 0 Å². The Kier molecular flexibility index (Phi) is 4.79. The third kappa shape index (κ3) is 3.80. The summed E-state index contributed by atoms with van der Waals surface area (Å²) in [6.07, 6.45) is 4.33. The topological polar surface area (TPSA) is 36.4 Å². The number of nitrogens with zero attached hydrogens (tertiary/aromatic N) is 2. The SMILES string of the molecule is Cc1cc(C)c(CN2C[C@@H](Cc3ccncc3)[C@@H](O)C2)cc1C. The molecule has 0 bridgehead atoms. The van der Waals surface area contributed by atoms with E-state index in [-0.39, 0.29) is 6.10 Å². The lowest BCUT2D eigenvalue weighted by Crippen LogP contribution is -2.22. The second-order valence-electron chi connectivity index (χ2n) is 6.94. The van der Waals surface area contributed by atoms with Crippen molar-refractivity contribution in [1.82, 2.24) is 9.88 Å². The fourth-order valence-electron chi connectivity index (χ4n) is 3.52. The van der Waals surface area contributed by atoms with Crippen LogP contribution < -0.4 is 0 Å². The van der Waals surface area contributed by atoms with Crippen LogP contribution in [0.5, 0.6) is 0 Å². The van der Waals surface area contributed by atoms with Crippen molar-refractivity contribution in [2.45, 2.75) is 39.8 Å². The molecule has 3 rings (SSSR count). The van der Waals surface area contributed by atoms with Crippen LogP contribution in [0.25, 0.3) is 0 Å². The van der Waals surface area contributed by atoms with E-state index in [0.29, 0.717) is 5.92 Å². The van der Waals surface area contributed by atoms with Gasteiger partial charge in [0.2, 0.25) is 0 Å². The van der Waals surface area contributed by atoms with Crippen molar-refractivity contribution in [3.05, 3.63) is 64.5 Å². The van der Waals surface area contributed by atoms with Gasteiger partial charge in [0.05, 0.1) is 6.10 Å². The summed E-state index contributed by atoms with van der Waals surface area (Å²) < 4.78 is 0. The van der Waals surface area contributed by atoms with Gasteiger partial charge in [-0.25, -0.2) is 0 Å². The minimum atomic E-state index is -0.241. The lowest BCUT2D eigenvalue weighted by molar-refractivity contribution is 0.141. The zero-order valence-electron chi connectivity index (χ0n) is 14.3. The van der Waals surface area contributed by atoms with E-state index in [9.17, 15) is 5.11 Å². The van der Waals surface area contributed by atoms with Gasteiger partial charge in [-0.2, -0.15) is 0 Å². The first-order chi connectivity index (χ1) is 11.0. The molecule has 0 radical (unpaired) electrons. The normalized spacial score (nSPS) is 21.7. The molecule has 1 saturated heterocycles. The van der Waals surface area contributed by atoms with Crippen molar-refractivity contribution >= 4 is 0 Å². The van der Waals surface area contributed by atoms with Crippen molar-refractivity contribution in [1.29, 1.82) is 0 Å². The number of benzene rings is 1. The first-order valence-electron chi connectivity index (χ1n) is 8.39. The minimum absolute atomic E-state index is 0.241. The Morgan fingerprint density at radius 1 is 1.04 bits per heavy atom. The van der Waals surface area contributed by atoms with E-state index in [1.54, 1.807) is 0 Å². The molecule has 0 amide bonds. The Morgan fingerprint density at radius 2 is 1.74 bits per heavy atom. The maximum atomic E-state index is 10.4. The first kappa shape index (κ1) is 16.2. The zero-order valence-corrected chi connectivity index (χ0v) is 14.3. The number of aromatic nitrogens is 1. The van der Waals surface area contributed by atoms with Gasteiger partial charge in [0.15, 0.2) is 0 Å². The molecule has 2 atom stereocenters. The molecule has 3 nitrogen and oxygen atoms in total. The summed E-state index contributed by atoms with van der Waals surface area (Å²) in [4.78, 5) is 6.44. The van der Waals surface area contributed by atoms with Gasteiger partial charge < -0.3 is 5.11 Å². The molecule has 1 aliphatic heterocycles. The highest BCUT2D eigenvalue weighted by atomic mass is 16.3. The van der Waals surface area contributed by atoms with E-state index < -0.39 is 0 Å². The number of hydrogen-bond donors (Lipinski definition) is 1. The van der Waals surface area contributed by atoms with E-state index in [1.807, 2.05) is 24.5 Å². The van der Waals surface area contributed by atoms with E-state index in [1.165, 1.54) is 27.8 Å². The van der Waals surface area contributed by atoms with E-state index in [2.05, 4.69) is 42.8 Å². The molecule has 0 spiro atoms. The number of likely N-dealkylation sites (tertiary alicyclic amines) is 1. The van der Waals surface area contributed by atoms with Crippen LogP contribution in [-0.2, 0) is 13.0 Å². The largest absolute Gasteiger partial charge is 0.391 e. The van der Waals surface area contributed by atoms with Crippen LogP contribution in [0.15, 0.2) is 36.7 Å². The van der Waals surface area contributed by atoms with Crippen molar-refractivity contribution in [2.75, 3.05) is 13.1 Å². The molecule has 0 saturated carbocycles. The number of β-amino-alcohol motifs (C(OH)–C–C–N with tert-alkyl or cyclic N) is 1. The Morgan fingerprint density at radius 3 is 2.48 bits per heavy atom. The molecule has 122 valence electrons. The average Bonchev–Trinajstić information content (AvgIpc) is 2.85. The summed E-state index contributed by atoms with van der Waals surface area (Å²) in [6.45, 7) is 9.16. The van der Waals surface area contributed by atoms with Crippen LogP contribution in [0.1, 0.15) is 27.8 Å². The van der Waals surface area contributed by atoms with Gasteiger partial charge in [0.1, 0.15) is 0 Å². The summed E-state index contributed by atoms with van der Waals surface area (Å²) >= 11 is 0. The Hall–Kier alpha value is -1.71. The molecule has 2 aromatic rings. The highest BCUT2D eigenvalue weighted by molar-refractivity contribution is 5.36. The Balaban J connectivity index is 1.66. The van der Waals surface area contributed by atoms with Gasteiger partial charge in [0.25, 0.3) is 0 Å². The average molecular weight is 310 g/mol. The second-order valence-corrected chi connectivity index (χ2v) is 6.94. The highest BCUT2D eigenvalue weighted by Gasteiger charge is 2.31. The molecule has 1 aromatic carbocycles. The van der Waals surface area contributed by atoms with Crippen LogP contribution in [0.4, 0.5) is 0 Å². The zero-order chi connectivity index (χ0) is 16.4. The quantitative estimate of drug-likeness (QED) is 0.943. The Labute approximate surface area is 139 Å². The van der Waals surface area contributed by atoms with E-state index >= 15 is 0 Å².